The minimum absolute atomic E-state index is 0.0981. The van der Waals surface area contributed by atoms with Gasteiger partial charge in [-0.25, -0.2) is 0 Å². The van der Waals surface area contributed by atoms with E-state index in [0.717, 1.165) is 0 Å². The molecule has 3 rings (SSSR count). The van der Waals surface area contributed by atoms with Crippen LogP contribution in [0.2, 0.25) is 0 Å². The Morgan fingerprint density at radius 3 is 1.13 bits per heavy atom. The average molecular weight is 325 g/mol. The Kier molecular flexibility index (Phi) is 3.72. The first-order valence-corrected chi connectivity index (χ1v) is 9.30. The van der Waals surface area contributed by atoms with E-state index in [4.69, 9.17) is 0 Å². The summed E-state index contributed by atoms with van der Waals surface area (Å²) < 4.78 is 0.196. The molecule has 1 heterocycles. The Balaban J connectivity index is 2.28. The molecule has 2 atom stereocenters. The number of rotatable bonds is 2. The van der Waals surface area contributed by atoms with Gasteiger partial charge in [0, 0.05) is 0 Å². The van der Waals surface area contributed by atoms with Gasteiger partial charge in [0.25, 0.3) is 0 Å². The molecule has 0 nitrogen and oxygen atoms in total. The monoisotopic (exact) mass is 324 g/mol. The van der Waals surface area contributed by atoms with Gasteiger partial charge in [-0.1, -0.05) is 102 Å². The lowest BCUT2D eigenvalue weighted by Crippen LogP contribution is -2.41. The van der Waals surface area contributed by atoms with Gasteiger partial charge in [0.1, 0.15) is 0 Å². The van der Waals surface area contributed by atoms with Crippen LogP contribution in [0.15, 0.2) is 60.7 Å². The summed E-state index contributed by atoms with van der Waals surface area (Å²) in [7, 11) is 0. The molecule has 0 spiro atoms. The molecule has 1 fully saturated rings. The molecule has 0 amide bonds. The highest BCUT2D eigenvalue weighted by atomic mass is 32.2. The summed E-state index contributed by atoms with van der Waals surface area (Å²) in [4.78, 5) is 0. The van der Waals surface area contributed by atoms with Gasteiger partial charge < -0.3 is 0 Å². The van der Waals surface area contributed by atoms with Gasteiger partial charge in [-0.3, -0.25) is 0 Å². The number of hydrogen-bond donors (Lipinski definition) is 0. The van der Waals surface area contributed by atoms with Crippen LogP contribution in [0.25, 0.3) is 0 Å². The molecule has 0 aliphatic carbocycles. The lowest BCUT2D eigenvalue weighted by Gasteiger charge is -2.41. The van der Waals surface area contributed by atoms with Gasteiger partial charge in [0.15, 0.2) is 0 Å². The summed E-state index contributed by atoms with van der Waals surface area (Å²) >= 11 is 2.15. The van der Waals surface area contributed by atoms with Crippen LogP contribution < -0.4 is 0 Å². The Morgan fingerprint density at radius 1 is 0.565 bits per heavy atom. The lowest BCUT2D eigenvalue weighted by molar-refractivity contribution is 0.184. The molecule has 0 saturated carbocycles. The number of thioether (sulfide) groups is 1. The predicted molar refractivity (Wildman–Crippen MR) is 103 cm³/mol. The normalized spacial score (nSPS) is 27.7. The third-order valence-corrected chi connectivity index (χ3v) is 7.95. The molecule has 1 aliphatic heterocycles. The molecule has 0 radical (unpaired) electrons. The fourth-order valence-corrected chi connectivity index (χ4v) is 6.68. The Morgan fingerprint density at radius 2 is 0.870 bits per heavy atom. The molecular formula is C22H28S. The van der Waals surface area contributed by atoms with Crippen molar-refractivity contribution in [2.75, 3.05) is 0 Å². The smallest absolute Gasteiger partial charge is 0.0658 e. The van der Waals surface area contributed by atoms with E-state index in [1.807, 2.05) is 0 Å². The van der Waals surface area contributed by atoms with Crippen molar-refractivity contribution in [3.05, 3.63) is 71.8 Å². The van der Waals surface area contributed by atoms with E-state index >= 15 is 0 Å². The molecular weight excluding hydrogens is 296 g/mol. The van der Waals surface area contributed by atoms with Gasteiger partial charge >= 0.3 is 0 Å². The summed E-state index contributed by atoms with van der Waals surface area (Å²) in [6.07, 6.45) is 0. The van der Waals surface area contributed by atoms with Crippen molar-refractivity contribution in [2.45, 2.75) is 51.0 Å². The van der Waals surface area contributed by atoms with Crippen LogP contribution in [0.4, 0.5) is 0 Å². The third-order valence-electron chi connectivity index (χ3n) is 5.23. The third kappa shape index (κ3) is 2.20. The van der Waals surface area contributed by atoms with Crippen molar-refractivity contribution >= 4 is 11.8 Å². The van der Waals surface area contributed by atoms with Crippen molar-refractivity contribution in [1.82, 2.24) is 0 Å². The largest absolute Gasteiger partial charge is 0.134 e. The number of benzene rings is 2. The predicted octanol–water partition coefficient (Wildman–Crippen LogP) is 6.62. The van der Waals surface area contributed by atoms with E-state index in [0.29, 0.717) is 0 Å². The summed E-state index contributed by atoms with van der Waals surface area (Å²) in [5.41, 5.74) is 3.25. The Bertz CT molecular complexity index is 614. The molecule has 0 N–H and O–H groups in total. The van der Waals surface area contributed by atoms with Gasteiger partial charge in [-0.05, 0) is 22.0 Å². The van der Waals surface area contributed by atoms with Gasteiger partial charge in [0.2, 0.25) is 0 Å². The summed E-state index contributed by atoms with van der Waals surface area (Å²) in [5.74, 6) is 0. The molecule has 23 heavy (non-hydrogen) atoms. The Labute approximate surface area is 145 Å². The van der Waals surface area contributed by atoms with Gasteiger partial charge in [-0.15, -0.1) is 11.8 Å². The van der Waals surface area contributed by atoms with Crippen LogP contribution in [0.5, 0.6) is 0 Å². The fourth-order valence-electron chi connectivity index (χ4n) is 4.30. The second-order valence-electron chi connectivity index (χ2n) is 8.70. The molecule has 122 valence electrons. The molecule has 1 aliphatic rings. The SMILES string of the molecule is CC(C)(C)C1(c2ccccc2)SC1(c1ccccc1)C(C)(C)C. The molecule has 2 aromatic rings. The van der Waals surface area contributed by atoms with Crippen molar-refractivity contribution in [1.29, 1.82) is 0 Å². The summed E-state index contributed by atoms with van der Waals surface area (Å²) in [5, 5.41) is 0. The van der Waals surface area contributed by atoms with Crippen molar-refractivity contribution < 1.29 is 0 Å². The van der Waals surface area contributed by atoms with E-state index in [9.17, 15) is 0 Å². The number of hydrogen-bond acceptors (Lipinski definition) is 1. The molecule has 0 bridgehead atoms. The standard InChI is InChI=1S/C22H28S/c1-19(2,3)21(17-13-9-7-10-14-17)22(23-21,20(4,5)6)18-15-11-8-12-16-18/h7-16H,1-6H3. The minimum Gasteiger partial charge on any atom is -0.134 e. The second-order valence-corrected chi connectivity index (χ2v) is 10.1. The van der Waals surface area contributed by atoms with E-state index in [2.05, 4.69) is 114 Å². The van der Waals surface area contributed by atoms with E-state index in [-0.39, 0.29) is 20.3 Å². The zero-order valence-electron chi connectivity index (χ0n) is 15.2. The van der Waals surface area contributed by atoms with E-state index < -0.39 is 0 Å². The van der Waals surface area contributed by atoms with Crippen LogP contribution in [0.3, 0.4) is 0 Å². The first-order chi connectivity index (χ1) is 10.7. The first-order valence-electron chi connectivity index (χ1n) is 8.48. The lowest BCUT2D eigenvalue weighted by atomic mass is 9.60. The van der Waals surface area contributed by atoms with Crippen LogP contribution in [-0.2, 0) is 9.49 Å². The molecule has 2 aromatic carbocycles. The minimum atomic E-state index is 0.0981. The summed E-state index contributed by atoms with van der Waals surface area (Å²) in [6.45, 7) is 14.4. The maximum Gasteiger partial charge on any atom is 0.0658 e. The quantitative estimate of drug-likeness (QED) is 0.560. The van der Waals surface area contributed by atoms with Crippen LogP contribution >= 0.6 is 11.8 Å². The van der Waals surface area contributed by atoms with Crippen molar-refractivity contribution in [2.24, 2.45) is 10.8 Å². The maximum absolute atomic E-state index is 2.39. The van der Waals surface area contributed by atoms with Gasteiger partial charge in [-0.2, -0.15) is 0 Å². The Hall–Kier alpha value is -1.21. The fraction of sp³-hybridized carbons (Fsp3) is 0.455. The molecule has 1 saturated heterocycles. The summed E-state index contributed by atoms with van der Waals surface area (Å²) in [6, 6.07) is 22.2. The van der Waals surface area contributed by atoms with E-state index in [1.54, 1.807) is 0 Å². The zero-order chi connectivity index (χ0) is 16.9. The second kappa shape index (κ2) is 5.14. The first kappa shape index (κ1) is 16.6. The highest BCUT2D eigenvalue weighted by Gasteiger charge is 2.78. The van der Waals surface area contributed by atoms with Crippen LogP contribution in [0, 0.1) is 10.8 Å². The maximum atomic E-state index is 2.39. The average Bonchev–Trinajstić information content (AvgIpc) is 3.22. The molecule has 1 heteroatoms. The van der Waals surface area contributed by atoms with Crippen LogP contribution in [0.1, 0.15) is 52.7 Å². The zero-order valence-corrected chi connectivity index (χ0v) is 16.0. The molecule has 2 unspecified atom stereocenters. The highest BCUT2D eigenvalue weighted by Crippen LogP contribution is 2.86. The van der Waals surface area contributed by atoms with Crippen molar-refractivity contribution in [3.8, 4) is 0 Å². The highest BCUT2D eigenvalue weighted by molar-refractivity contribution is 8.08. The topological polar surface area (TPSA) is 0 Å². The van der Waals surface area contributed by atoms with Gasteiger partial charge in [0.05, 0.1) is 9.49 Å². The van der Waals surface area contributed by atoms with Crippen LogP contribution in [-0.4, -0.2) is 0 Å². The molecule has 0 aromatic heterocycles. The van der Waals surface area contributed by atoms with E-state index in [1.165, 1.54) is 11.1 Å². The van der Waals surface area contributed by atoms with Crippen molar-refractivity contribution in [3.63, 3.8) is 0 Å².